The SMILES string of the molecule is C#CC#CC#CC#CC#Cn1cc(-c2ccccn2)nn1. The van der Waals surface area contributed by atoms with Gasteiger partial charge in [-0.05, 0) is 35.8 Å². The zero-order valence-corrected chi connectivity index (χ0v) is 10.8. The lowest BCUT2D eigenvalue weighted by Gasteiger charge is -1.90. The molecule has 0 fully saturated rings. The molecule has 2 heterocycles. The molecule has 2 rings (SSSR count). The van der Waals surface area contributed by atoms with Crippen molar-refractivity contribution in [3.8, 4) is 71.2 Å². The molecule has 0 bridgehead atoms. The third-order valence-corrected chi connectivity index (χ3v) is 2.04. The van der Waals surface area contributed by atoms with Crippen molar-refractivity contribution < 1.29 is 0 Å². The summed E-state index contributed by atoms with van der Waals surface area (Å²) in [6, 6.07) is 8.24. The average Bonchev–Trinajstić information content (AvgIpc) is 3.00. The van der Waals surface area contributed by atoms with Gasteiger partial charge in [-0.2, -0.15) is 4.68 Å². The van der Waals surface area contributed by atoms with E-state index in [0.717, 1.165) is 5.69 Å². The van der Waals surface area contributed by atoms with Crippen LogP contribution in [-0.2, 0) is 0 Å². The maximum atomic E-state index is 4.93. The Morgan fingerprint density at radius 1 is 0.905 bits per heavy atom. The number of pyridine rings is 1. The van der Waals surface area contributed by atoms with Gasteiger partial charge in [0.15, 0.2) is 0 Å². The van der Waals surface area contributed by atoms with Gasteiger partial charge in [0.05, 0.1) is 17.9 Å². The van der Waals surface area contributed by atoms with Crippen LogP contribution in [0.25, 0.3) is 11.4 Å². The molecule has 0 aromatic carbocycles. The number of aromatic nitrogens is 4. The van der Waals surface area contributed by atoms with Crippen LogP contribution in [0.3, 0.4) is 0 Å². The van der Waals surface area contributed by atoms with E-state index in [1.807, 2.05) is 18.2 Å². The molecule has 94 valence electrons. The number of hydrogen-bond acceptors (Lipinski definition) is 3. The van der Waals surface area contributed by atoms with Gasteiger partial charge < -0.3 is 0 Å². The smallest absolute Gasteiger partial charge is 0.132 e. The van der Waals surface area contributed by atoms with E-state index in [-0.39, 0.29) is 0 Å². The van der Waals surface area contributed by atoms with E-state index in [0.29, 0.717) is 5.69 Å². The minimum absolute atomic E-state index is 0.641. The lowest BCUT2D eigenvalue weighted by Crippen LogP contribution is -1.87. The van der Waals surface area contributed by atoms with E-state index in [2.05, 4.69) is 68.7 Å². The van der Waals surface area contributed by atoms with Crippen LogP contribution in [0.1, 0.15) is 0 Å². The Morgan fingerprint density at radius 3 is 2.38 bits per heavy atom. The monoisotopic (exact) mass is 266 g/mol. The second kappa shape index (κ2) is 7.51. The van der Waals surface area contributed by atoms with Gasteiger partial charge in [0.25, 0.3) is 0 Å². The predicted octanol–water partition coefficient (Wildman–Crippen LogP) is 0.792. The van der Waals surface area contributed by atoms with Crippen LogP contribution in [0.4, 0.5) is 0 Å². The highest BCUT2D eigenvalue weighted by Crippen LogP contribution is 2.10. The quantitative estimate of drug-likeness (QED) is 0.717. The molecule has 0 amide bonds. The van der Waals surface area contributed by atoms with Crippen molar-refractivity contribution in [3.05, 3.63) is 30.6 Å². The van der Waals surface area contributed by atoms with Crippen LogP contribution in [0, 0.1) is 59.8 Å². The maximum absolute atomic E-state index is 4.93. The third-order valence-electron chi connectivity index (χ3n) is 2.04. The first-order valence-electron chi connectivity index (χ1n) is 5.70. The molecule has 2 aromatic rings. The normalized spacial score (nSPS) is 7.38. The second-order valence-corrected chi connectivity index (χ2v) is 3.39. The lowest BCUT2D eigenvalue weighted by molar-refractivity contribution is 0.828. The Labute approximate surface area is 122 Å². The predicted molar refractivity (Wildman–Crippen MR) is 78.6 cm³/mol. The van der Waals surface area contributed by atoms with Gasteiger partial charge >= 0.3 is 0 Å². The zero-order chi connectivity index (χ0) is 14.8. The summed E-state index contributed by atoms with van der Waals surface area (Å²) in [6.45, 7) is 0. The van der Waals surface area contributed by atoms with Gasteiger partial charge in [0, 0.05) is 29.9 Å². The van der Waals surface area contributed by atoms with Crippen LogP contribution < -0.4 is 0 Å². The molecule has 0 N–H and O–H groups in total. The van der Waals surface area contributed by atoms with E-state index in [1.165, 1.54) is 4.68 Å². The van der Waals surface area contributed by atoms with E-state index >= 15 is 0 Å². The Balaban J connectivity index is 2.05. The molecule has 0 saturated carbocycles. The Morgan fingerprint density at radius 2 is 1.67 bits per heavy atom. The fraction of sp³-hybridized carbons (Fsp3) is 0. The van der Waals surface area contributed by atoms with Crippen molar-refractivity contribution in [2.24, 2.45) is 0 Å². The van der Waals surface area contributed by atoms with Gasteiger partial charge in [-0.1, -0.05) is 11.3 Å². The third kappa shape index (κ3) is 4.35. The van der Waals surface area contributed by atoms with Gasteiger partial charge in [-0.15, -0.1) is 11.5 Å². The number of nitrogens with zero attached hydrogens (tertiary/aromatic N) is 4. The molecule has 0 atom stereocenters. The van der Waals surface area contributed by atoms with Crippen LogP contribution in [0.15, 0.2) is 30.6 Å². The molecule has 4 nitrogen and oxygen atoms in total. The molecular weight excluding hydrogens is 260 g/mol. The van der Waals surface area contributed by atoms with E-state index in [4.69, 9.17) is 6.42 Å². The lowest BCUT2D eigenvalue weighted by atomic mass is 10.3. The molecule has 0 saturated heterocycles. The molecule has 21 heavy (non-hydrogen) atoms. The van der Waals surface area contributed by atoms with Crippen molar-refractivity contribution in [1.82, 2.24) is 20.0 Å². The fourth-order valence-electron chi connectivity index (χ4n) is 1.23. The first kappa shape index (κ1) is 13.5. The summed E-state index contributed by atoms with van der Waals surface area (Å²) in [4.78, 5) is 4.17. The van der Waals surface area contributed by atoms with E-state index in [1.54, 1.807) is 12.4 Å². The summed E-state index contributed by atoms with van der Waals surface area (Å²) in [5.41, 5.74) is 1.37. The topological polar surface area (TPSA) is 43.6 Å². The van der Waals surface area contributed by atoms with Gasteiger partial charge in [0.1, 0.15) is 5.69 Å². The summed E-state index contributed by atoms with van der Waals surface area (Å²) >= 11 is 0. The first-order valence-corrected chi connectivity index (χ1v) is 5.70. The van der Waals surface area contributed by atoms with Crippen LogP contribution >= 0.6 is 0 Å². The van der Waals surface area contributed by atoms with Crippen LogP contribution in [0.2, 0.25) is 0 Å². The van der Waals surface area contributed by atoms with Gasteiger partial charge in [-0.25, -0.2) is 0 Å². The van der Waals surface area contributed by atoms with Crippen LogP contribution in [-0.4, -0.2) is 20.0 Å². The summed E-state index contributed by atoms with van der Waals surface area (Å²) < 4.78 is 1.37. The Kier molecular flexibility index (Phi) is 4.83. The minimum atomic E-state index is 0.641. The highest BCUT2D eigenvalue weighted by molar-refractivity contribution is 5.51. The van der Waals surface area contributed by atoms with Crippen molar-refractivity contribution in [2.45, 2.75) is 0 Å². The molecule has 0 aliphatic rings. The fourth-order valence-corrected chi connectivity index (χ4v) is 1.23. The molecule has 0 unspecified atom stereocenters. The summed E-state index contributed by atoms with van der Waals surface area (Å²) in [5.74, 6) is 19.6. The summed E-state index contributed by atoms with van der Waals surface area (Å²) in [6.07, 6.45) is 8.29. The van der Waals surface area contributed by atoms with Crippen molar-refractivity contribution in [3.63, 3.8) is 0 Å². The maximum Gasteiger partial charge on any atom is 0.132 e. The molecule has 0 spiro atoms. The molecule has 4 heteroatoms. The molecule has 0 radical (unpaired) electrons. The molecule has 0 aliphatic heterocycles. The second-order valence-electron chi connectivity index (χ2n) is 3.39. The number of hydrogen-bond donors (Lipinski definition) is 0. The standard InChI is InChI=1S/C17H6N4/c1-2-3-4-5-6-7-8-11-14-21-15-17(19-20-21)16-12-9-10-13-18-16/h1,9-10,12-13,15H. The number of terminal acetylenes is 1. The van der Waals surface area contributed by atoms with E-state index < -0.39 is 0 Å². The highest BCUT2D eigenvalue weighted by atomic mass is 15.4. The van der Waals surface area contributed by atoms with E-state index in [9.17, 15) is 0 Å². The molecule has 0 aliphatic carbocycles. The summed E-state index contributed by atoms with van der Waals surface area (Å²) in [5, 5.41) is 7.83. The van der Waals surface area contributed by atoms with Gasteiger partial charge in [-0.3, -0.25) is 4.98 Å². The van der Waals surface area contributed by atoms with Gasteiger partial charge in [0.2, 0.25) is 0 Å². The Bertz CT molecular complexity index is 915. The number of rotatable bonds is 1. The first-order chi connectivity index (χ1) is 10.4. The van der Waals surface area contributed by atoms with Crippen LogP contribution in [0.5, 0.6) is 0 Å². The van der Waals surface area contributed by atoms with Crippen molar-refractivity contribution in [2.75, 3.05) is 0 Å². The van der Waals surface area contributed by atoms with Crippen molar-refractivity contribution in [1.29, 1.82) is 0 Å². The highest BCUT2D eigenvalue weighted by Gasteiger charge is 2.02. The zero-order valence-electron chi connectivity index (χ0n) is 10.8. The largest absolute Gasteiger partial charge is 0.254 e. The summed E-state index contributed by atoms with van der Waals surface area (Å²) in [7, 11) is 0. The average molecular weight is 266 g/mol. The molecular formula is C17H6N4. The molecule has 2 aromatic heterocycles. The van der Waals surface area contributed by atoms with Crippen molar-refractivity contribution >= 4 is 0 Å². The minimum Gasteiger partial charge on any atom is -0.254 e. The Hall–Kier alpha value is -3.91.